The SMILES string of the molecule is OCCC[C@@H]1CCC[C@H]1O. The second-order valence-electron chi connectivity index (χ2n) is 3.12. The molecule has 0 heterocycles. The molecule has 1 aliphatic carbocycles. The summed E-state index contributed by atoms with van der Waals surface area (Å²) in [5.74, 6) is 0.479. The van der Waals surface area contributed by atoms with E-state index in [1.165, 1.54) is 0 Å². The number of hydrogen-bond acceptors (Lipinski definition) is 2. The van der Waals surface area contributed by atoms with Gasteiger partial charge in [0.15, 0.2) is 0 Å². The molecular weight excluding hydrogens is 128 g/mol. The van der Waals surface area contributed by atoms with Crippen LogP contribution < -0.4 is 0 Å². The minimum absolute atomic E-state index is 0.0773. The molecule has 1 saturated carbocycles. The van der Waals surface area contributed by atoms with Crippen molar-refractivity contribution in [1.82, 2.24) is 0 Å². The summed E-state index contributed by atoms with van der Waals surface area (Å²) in [5, 5.41) is 17.9. The Hall–Kier alpha value is -0.0800. The van der Waals surface area contributed by atoms with E-state index >= 15 is 0 Å². The molecule has 2 N–H and O–H groups in total. The molecule has 10 heavy (non-hydrogen) atoms. The zero-order chi connectivity index (χ0) is 7.40. The highest BCUT2D eigenvalue weighted by molar-refractivity contribution is 4.75. The third-order valence-corrected chi connectivity index (χ3v) is 2.35. The molecule has 2 nitrogen and oxygen atoms in total. The maximum Gasteiger partial charge on any atom is 0.0568 e. The van der Waals surface area contributed by atoms with Gasteiger partial charge in [-0.15, -0.1) is 0 Å². The van der Waals surface area contributed by atoms with Crippen LogP contribution in [0.15, 0.2) is 0 Å². The molecule has 0 bridgehead atoms. The van der Waals surface area contributed by atoms with Crippen LogP contribution in [-0.2, 0) is 0 Å². The van der Waals surface area contributed by atoms with E-state index in [0.717, 1.165) is 32.1 Å². The highest BCUT2D eigenvalue weighted by Gasteiger charge is 2.23. The number of rotatable bonds is 3. The van der Waals surface area contributed by atoms with E-state index < -0.39 is 0 Å². The Morgan fingerprint density at radius 2 is 2.10 bits per heavy atom. The van der Waals surface area contributed by atoms with Crippen molar-refractivity contribution in [3.05, 3.63) is 0 Å². The van der Waals surface area contributed by atoms with Crippen molar-refractivity contribution in [1.29, 1.82) is 0 Å². The smallest absolute Gasteiger partial charge is 0.0568 e. The van der Waals surface area contributed by atoms with Gasteiger partial charge in [0.25, 0.3) is 0 Å². The lowest BCUT2D eigenvalue weighted by atomic mass is 10.0. The van der Waals surface area contributed by atoms with Crippen LogP contribution in [0, 0.1) is 5.92 Å². The Bertz CT molecular complexity index is 93.3. The zero-order valence-corrected chi connectivity index (χ0v) is 6.29. The zero-order valence-electron chi connectivity index (χ0n) is 6.29. The standard InChI is InChI=1S/C8H16O2/c9-6-2-4-7-3-1-5-8(7)10/h7-10H,1-6H2/t7-,8+/m0/s1. The highest BCUT2D eigenvalue weighted by atomic mass is 16.3. The normalized spacial score (nSPS) is 33.0. The summed E-state index contributed by atoms with van der Waals surface area (Å²) < 4.78 is 0. The van der Waals surface area contributed by atoms with Crippen LogP contribution >= 0.6 is 0 Å². The second kappa shape index (κ2) is 3.94. The van der Waals surface area contributed by atoms with Gasteiger partial charge >= 0.3 is 0 Å². The number of aliphatic hydroxyl groups is 2. The molecule has 1 rings (SSSR count). The molecule has 1 fully saturated rings. The molecule has 1 aliphatic rings. The molecule has 0 radical (unpaired) electrons. The molecule has 60 valence electrons. The lowest BCUT2D eigenvalue weighted by molar-refractivity contribution is 0.122. The number of hydrogen-bond donors (Lipinski definition) is 2. The Balaban J connectivity index is 2.14. The summed E-state index contributed by atoms with van der Waals surface area (Å²) in [6.45, 7) is 0.267. The van der Waals surface area contributed by atoms with Gasteiger partial charge in [0.2, 0.25) is 0 Å². The van der Waals surface area contributed by atoms with Crippen LogP contribution in [0.4, 0.5) is 0 Å². The molecule has 0 aromatic carbocycles. The molecule has 0 aromatic rings. The van der Waals surface area contributed by atoms with E-state index in [-0.39, 0.29) is 12.7 Å². The first kappa shape index (κ1) is 8.02. The molecule has 2 atom stereocenters. The predicted octanol–water partition coefficient (Wildman–Crippen LogP) is 0.920. The molecule has 0 saturated heterocycles. The maximum absolute atomic E-state index is 9.33. The van der Waals surface area contributed by atoms with Gasteiger partial charge in [-0.05, 0) is 31.6 Å². The van der Waals surface area contributed by atoms with Crippen LogP contribution in [0.25, 0.3) is 0 Å². The molecule has 0 aliphatic heterocycles. The van der Waals surface area contributed by atoms with Crippen molar-refractivity contribution in [2.75, 3.05) is 6.61 Å². The molecule has 0 amide bonds. The third kappa shape index (κ3) is 1.96. The van der Waals surface area contributed by atoms with E-state index in [9.17, 15) is 5.11 Å². The average Bonchev–Trinajstić information content (AvgIpc) is 2.31. The fraction of sp³-hybridized carbons (Fsp3) is 1.00. The van der Waals surface area contributed by atoms with Crippen LogP contribution in [0.3, 0.4) is 0 Å². The summed E-state index contributed by atoms with van der Waals surface area (Å²) in [7, 11) is 0. The second-order valence-corrected chi connectivity index (χ2v) is 3.12. The van der Waals surface area contributed by atoms with Gasteiger partial charge in [-0.25, -0.2) is 0 Å². The summed E-state index contributed by atoms with van der Waals surface area (Å²) in [6, 6.07) is 0. The summed E-state index contributed by atoms with van der Waals surface area (Å²) in [4.78, 5) is 0. The van der Waals surface area contributed by atoms with E-state index in [2.05, 4.69) is 0 Å². The summed E-state index contributed by atoms with van der Waals surface area (Å²) >= 11 is 0. The Morgan fingerprint density at radius 3 is 2.60 bits per heavy atom. The fourth-order valence-corrected chi connectivity index (χ4v) is 1.71. The maximum atomic E-state index is 9.33. The van der Waals surface area contributed by atoms with Gasteiger partial charge in [0.05, 0.1) is 6.10 Å². The van der Waals surface area contributed by atoms with Crippen molar-refractivity contribution in [3.63, 3.8) is 0 Å². The van der Waals surface area contributed by atoms with Crippen LogP contribution in [-0.4, -0.2) is 22.9 Å². The Kier molecular flexibility index (Phi) is 3.16. The van der Waals surface area contributed by atoms with E-state index in [1.54, 1.807) is 0 Å². The molecule has 2 heteroatoms. The van der Waals surface area contributed by atoms with Gasteiger partial charge < -0.3 is 10.2 Å². The lowest BCUT2D eigenvalue weighted by Crippen LogP contribution is -2.12. The topological polar surface area (TPSA) is 40.5 Å². The monoisotopic (exact) mass is 144 g/mol. The van der Waals surface area contributed by atoms with Gasteiger partial charge in [-0.1, -0.05) is 6.42 Å². The van der Waals surface area contributed by atoms with Crippen molar-refractivity contribution in [3.8, 4) is 0 Å². The van der Waals surface area contributed by atoms with Gasteiger partial charge in [0, 0.05) is 6.61 Å². The number of aliphatic hydroxyl groups excluding tert-OH is 2. The fourth-order valence-electron chi connectivity index (χ4n) is 1.71. The van der Waals surface area contributed by atoms with E-state index in [1.807, 2.05) is 0 Å². The van der Waals surface area contributed by atoms with Gasteiger partial charge in [0.1, 0.15) is 0 Å². The minimum atomic E-state index is -0.0773. The first-order valence-electron chi connectivity index (χ1n) is 4.13. The first-order valence-corrected chi connectivity index (χ1v) is 4.13. The van der Waals surface area contributed by atoms with Crippen molar-refractivity contribution in [2.45, 2.75) is 38.2 Å². The molecule has 0 unspecified atom stereocenters. The molecule has 0 spiro atoms. The average molecular weight is 144 g/mol. The largest absolute Gasteiger partial charge is 0.396 e. The quantitative estimate of drug-likeness (QED) is 0.618. The summed E-state index contributed by atoms with van der Waals surface area (Å²) in [6.07, 6.45) is 5.06. The van der Waals surface area contributed by atoms with E-state index in [4.69, 9.17) is 5.11 Å². The van der Waals surface area contributed by atoms with E-state index in [0.29, 0.717) is 5.92 Å². The highest BCUT2D eigenvalue weighted by Crippen LogP contribution is 2.28. The Morgan fingerprint density at radius 1 is 1.30 bits per heavy atom. The Labute approximate surface area is 61.9 Å². The van der Waals surface area contributed by atoms with Crippen molar-refractivity contribution >= 4 is 0 Å². The molecular formula is C8H16O2. The minimum Gasteiger partial charge on any atom is -0.396 e. The van der Waals surface area contributed by atoms with Gasteiger partial charge in [-0.3, -0.25) is 0 Å². The van der Waals surface area contributed by atoms with Crippen LogP contribution in [0.2, 0.25) is 0 Å². The predicted molar refractivity (Wildman–Crippen MR) is 39.7 cm³/mol. The lowest BCUT2D eigenvalue weighted by Gasteiger charge is -2.12. The summed E-state index contributed by atoms with van der Waals surface area (Å²) in [5.41, 5.74) is 0. The van der Waals surface area contributed by atoms with Gasteiger partial charge in [-0.2, -0.15) is 0 Å². The molecule has 0 aromatic heterocycles. The van der Waals surface area contributed by atoms with Crippen LogP contribution in [0.5, 0.6) is 0 Å². The van der Waals surface area contributed by atoms with Crippen LogP contribution in [0.1, 0.15) is 32.1 Å². The third-order valence-electron chi connectivity index (χ3n) is 2.35. The van der Waals surface area contributed by atoms with Crippen molar-refractivity contribution < 1.29 is 10.2 Å². The van der Waals surface area contributed by atoms with Crippen molar-refractivity contribution in [2.24, 2.45) is 5.92 Å². The first-order chi connectivity index (χ1) is 4.84.